The fraction of sp³-hybridized carbons (Fsp3) is 0.333. The van der Waals surface area contributed by atoms with E-state index < -0.39 is 11.9 Å². The van der Waals surface area contributed by atoms with Crippen LogP contribution in [0.1, 0.15) is 5.56 Å². The number of hydrogen-bond acceptors (Lipinski definition) is 4. The molecule has 5 heteroatoms. The van der Waals surface area contributed by atoms with E-state index in [9.17, 15) is 4.79 Å². The zero-order valence-corrected chi connectivity index (χ0v) is 9.42. The standard InChI is InChI=1S/C12H13NO4/c1-16-9-4-2-3-8(5-9)6-11-10(12(14)15)7-17-13-11/h2-5,10H,6-7H2,1H3,(H,14,15). The summed E-state index contributed by atoms with van der Waals surface area (Å²) in [5, 5.41) is 12.8. The van der Waals surface area contributed by atoms with Crippen LogP contribution in [0, 0.1) is 5.92 Å². The van der Waals surface area contributed by atoms with Gasteiger partial charge in [0.1, 0.15) is 18.3 Å². The molecule has 1 aliphatic heterocycles. The van der Waals surface area contributed by atoms with E-state index in [4.69, 9.17) is 14.7 Å². The summed E-state index contributed by atoms with van der Waals surface area (Å²) in [6.07, 6.45) is 0.466. The largest absolute Gasteiger partial charge is 0.497 e. The van der Waals surface area contributed by atoms with Crippen LogP contribution < -0.4 is 4.74 Å². The first-order chi connectivity index (χ1) is 8.20. The summed E-state index contributed by atoms with van der Waals surface area (Å²) in [5.41, 5.74) is 1.51. The number of aliphatic carboxylic acids is 1. The summed E-state index contributed by atoms with van der Waals surface area (Å²) in [4.78, 5) is 15.8. The summed E-state index contributed by atoms with van der Waals surface area (Å²) in [5.74, 6) is -0.792. The molecular weight excluding hydrogens is 222 g/mol. The van der Waals surface area contributed by atoms with Crippen molar-refractivity contribution in [3.63, 3.8) is 0 Å². The van der Waals surface area contributed by atoms with Gasteiger partial charge in [0, 0.05) is 6.42 Å². The molecular formula is C12H13NO4. The van der Waals surface area contributed by atoms with Crippen LogP contribution in [0.25, 0.3) is 0 Å². The van der Waals surface area contributed by atoms with Crippen molar-refractivity contribution in [2.45, 2.75) is 6.42 Å². The lowest BCUT2D eigenvalue weighted by atomic mass is 9.98. The first-order valence-electron chi connectivity index (χ1n) is 5.25. The summed E-state index contributed by atoms with van der Waals surface area (Å²) < 4.78 is 5.11. The molecule has 0 aromatic heterocycles. The van der Waals surface area contributed by atoms with Gasteiger partial charge < -0.3 is 14.7 Å². The summed E-state index contributed by atoms with van der Waals surface area (Å²) in [6.45, 7) is 0.120. The van der Waals surface area contributed by atoms with Crippen molar-refractivity contribution in [3.05, 3.63) is 29.8 Å². The predicted molar refractivity (Wildman–Crippen MR) is 61.2 cm³/mol. The minimum atomic E-state index is -0.899. The minimum absolute atomic E-state index is 0.120. The van der Waals surface area contributed by atoms with Gasteiger partial charge in [-0.1, -0.05) is 17.3 Å². The van der Waals surface area contributed by atoms with Crippen molar-refractivity contribution in [1.29, 1.82) is 0 Å². The maximum absolute atomic E-state index is 10.9. The molecule has 0 saturated carbocycles. The van der Waals surface area contributed by atoms with Crippen LogP contribution in [-0.2, 0) is 16.1 Å². The molecule has 0 bridgehead atoms. The molecule has 1 unspecified atom stereocenters. The topological polar surface area (TPSA) is 68.1 Å². The third-order valence-corrected chi connectivity index (χ3v) is 2.64. The normalized spacial score (nSPS) is 18.4. The smallest absolute Gasteiger partial charge is 0.316 e. The Labute approximate surface area is 98.6 Å². The van der Waals surface area contributed by atoms with Gasteiger partial charge in [-0.05, 0) is 17.7 Å². The van der Waals surface area contributed by atoms with Crippen LogP contribution in [-0.4, -0.2) is 30.5 Å². The van der Waals surface area contributed by atoms with Crippen molar-refractivity contribution in [2.24, 2.45) is 11.1 Å². The third-order valence-electron chi connectivity index (χ3n) is 2.64. The number of carbonyl (C=O) groups is 1. The molecule has 1 aromatic rings. The predicted octanol–water partition coefficient (Wildman–Crippen LogP) is 1.32. The number of carboxylic acid groups (broad SMARTS) is 1. The van der Waals surface area contributed by atoms with Gasteiger partial charge in [0.05, 0.1) is 12.8 Å². The van der Waals surface area contributed by atoms with Crippen LogP contribution in [0.3, 0.4) is 0 Å². The molecule has 2 rings (SSSR count). The van der Waals surface area contributed by atoms with E-state index in [1.165, 1.54) is 0 Å². The average Bonchev–Trinajstić information content (AvgIpc) is 2.77. The molecule has 0 fully saturated rings. The SMILES string of the molecule is COc1cccc(CC2=NOCC2C(=O)O)c1. The van der Waals surface area contributed by atoms with Gasteiger partial charge in [-0.3, -0.25) is 4.79 Å². The van der Waals surface area contributed by atoms with Crippen molar-refractivity contribution < 1.29 is 19.5 Å². The lowest BCUT2D eigenvalue weighted by molar-refractivity contribution is -0.140. The van der Waals surface area contributed by atoms with Crippen molar-refractivity contribution in [2.75, 3.05) is 13.7 Å². The molecule has 0 radical (unpaired) electrons. The molecule has 0 saturated heterocycles. The van der Waals surface area contributed by atoms with Crippen molar-refractivity contribution in [3.8, 4) is 5.75 Å². The summed E-state index contributed by atoms with van der Waals surface area (Å²) in [6, 6.07) is 7.47. The second-order valence-electron chi connectivity index (χ2n) is 3.80. The molecule has 90 valence electrons. The van der Waals surface area contributed by atoms with Crippen LogP contribution in [0.5, 0.6) is 5.75 Å². The highest BCUT2D eigenvalue weighted by molar-refractivity contribution is 6.03. The number of ether oxygens (including phenoxy) is 1. The molecule has 0 spiro atoms. The van der Waals surface area contributed by atoms with E-state index in [1.54, 1.807) is 7.11 Å². The summed E-state index contributed by atoms with van der Waals surface area (Å²) in [7, 11) is 1.59. The van der Waals surface area contributed by atoms with E-state index in [0.29, 0.717) is 12.1 Å². The molecule has 1 aromatic carbocycles. The third kappa shape index (κ3) is 2.55. The first kappa shape index (κ1) is 11.4. The Kier molecular flexibility index (Phi) is 3.27. The average molecular weight is 235 g/mol. The Morgan fingerprint density at radius 1 is 1.65 bits per heavy atom. The van der Waals surface area contributed by atoms with Gasteiger partial charge in [0.2, 0.25) is 0 Å². The first-order valence-corrected chi connectivity index (χ1v) is 5.25. The van der Waals surface area contributed by atoms with E-state index in [2.05, 4.69) is 5.16 Å². The van der Waals surface area contributed by atoms with Crippen LogP contribution >= 0.6 is 0 Å². The van der Waals surface area contributed by atoms with E-state index in [0.717, 1.165) is 11.3 Å². The minimum Gasteiger partial charge on any atom is -0.497 e. The van der Waals surface area contributed by atoms with E-state index >= 15 is 0 Å². The lowest BCUT2D eigenvalue weighted by Gasteiger charge is -2.06. The second-order valence-corrected chi connectivity index (χ2v) is 3.80. The van der Waals surface area contributed by atoms with Crippen molar-refractivity contribution in [1.82, 2.24) is 0 Å². The zero-order valence-electron chi connectivity index (χ0n) is 9.42. The Hall–Kier alpha value is -2.04. The van der Waals surface area contributed by atoms with Crippen LogP contribution in [0.4, 0.5) is 0 Å². The van der Waals surface area contributed by atoms with E-state index in [1.807, 2.05) is 24.3 Å². The fourth-order valence-corrected chi connectivity index (χ4v) is 1.72. The van der Waals surface area contributed by atoms with Gasteiger partial charge in [-0.15, -0.1) is 0 Å². The second kappa shape index (κ2) is 4.86. The molecule has 1 atom stereocenters. The van der Waals surface area contributed by atoms with Gasteiger partial charge >= 0.3 is 5.97 Å². The molecule has 17 heavy (non-hydrogen) atoms. The highest BCUT2D eigenvalue weighted by Gasteiger charge is 2.29. The molecule has 0 aliphatic carbocycles. The lowest BCUT2D eigenvalue weighted by Crippen LogP contribution is -2.24. The van der Waals surface area contributed by atoms with E-state index in [-0.39, 0.29) is 6.61 Å². The van der Waals surface area contributed by atoms with Crippen LogP contribution in [0.2, 0.25) is 0 Å². The Bertz CT molecular complexity index is 456. The van der Waals surface area contributed by atoms with Gasteiger partial charge in [0.15, 0.2) is 0 Å². The molecule has 5 nitrogen and oxygen atoms in total. The molecule has 1 N–H and O–H groups in total. The molecule has 0 amide bonds. The number of nitrogens with zero attached hydrogens (tertiary/aromatic N) is 1. The molecule has 1 aliphatic rings. The quantitative estimate of drug-likeness (QED) is 0.854. The molecule has 1 heterocycles. The maximum atomic E-state index is 10.9. The van der Waals surface area contributed by atoms with Gasteiger partial charge in [-0.2, -0.15) is 0 Å². The highest BCUT2D eigenvalue weighted by atomic mass is 16.6. The van der Waals surface area contributed by atoms with Crippen molar-refractivity contribution >= 4 is 11.7 Å². The fourth-order valence-electron chi connectivity index (χ4n) is 1.72. The number of carboxylic acids is 1. The number of methoxy groups -OCH3 is 1. The summed E-state index contributed by atoms with van der Waals surface area (Å²) >= 11 is 0. The highest BCUT2D eigenvalue weighted by Crippen LogP contribution is 2.18. The number of rotatable bonds is 4. The Balaban J connectivity index is 2.12. The Morgan fingerprint density at radius 2 is 2.47 bits per heavy atom. The number of benzene rings is 1. The van der Waals surface area contributed by atoms with Gasteiger partial charge in [-0.25, -0.2) is 0 Å². The Morgan fingerprint density at radius 3 is 3.18 bits per heavy atom. The number of hydrogen-bond donors (Lipinski definition) is 1. The maximum Gasteiger partial charge on any atom is 0.316 e. The number of oxime groups is 1. The zero-order chi connectivity index (χ0) is 12.3. The van der Waals surface area contributed by atoms with Gasteiger partial charge in [0.25, 0.3) is 0 Å². The monoisotopic (exact) mass is 235 g/mol. The van der Waals surface area contributed by atoms with Crippen LogP contribution in [0.15, 0.2) is 29.4 Å².